The number of ether oxygens (including phenoxy) is 2. The third-order valence-corrected chi connectivity index (χ3v) is 4.13. The molecule has 0 saturated carbocycles. The van der Waals surface area contributed by atoms with Crippen LogP contribution in [0.3, 0.4) is 0 Å². The van der Waals surface area contributed by atoms with Gasteiger partial charge in [0.2, 0.25) is 0 Å². The maximum atomic E-state index is 5.98. The van der Waals surface area contributed by atoms with Crippen molar-refractivity contribution in [1.29, 1.82) is 0 Å². The summed E-state index contributed by atoms with van der Waals surface area (Å²) in [5, 5.41) is 0. The Morgan fingerprint density at radius 2 is 2.06 bits per heavy atom. The Hall–Kier alpha value is -0.160. The first-order valence-corrected chi connectivity index (χ1v) is 6.82. The van der Waals surface area contributed by atoms with Crippen molar-refractivity contribution < 1.29 is 9.47 Å². The third kappa shape index (κ3) is 3.65. The van der Waals surface area contributed by atoms with E-state index in [9.17, 15) is 0 Å². The lowest BCUT2D eigenvalue weighted by molar-refractivity contribution is -0.00456. The van der Waals surface area contributed by atoms with Crippen LogP contribution in [0.15, 0.2) is 0 Å². The number of nitrogens with two attached hydrogens (primary N) is 1. The van der Waals surface area contributed by atoms with Crippen LogP contribution in [0.25, 0.3) is 0 Å². The zero-order chi connectivity index (χ0) is 12.1. The van der Waals surface area contributed by atoms with E-state index in [1.807, 2.05) is 0 Å². The molecule has 0 amide bonds. The Kier molecular flexibility index (Phi) is 4.79. The van der Waals surface area contributed by atoms with E-state index in [1.54, 1.807) is 0 Å². The summed E-state index contributed by atoms with van der Waals surface area (Å²) >= 11 is 0. The van der Waals surface area contributed by atoms with Gasteiger partial charge in [0.15, 0.2) is 0 Å². The summed E-state index contributed by atoms with van der Waals surface area (Å²) < 4.78 is 11.1. The van der Waals surface area contributed by atoms with Crippen LogP contribution in [0.1, 0.15) is 25.7 Å². The molecule has 0 aromatic carbocycles. The topological polar surface area (TPSA) is 47.7 Å². The molecule has 4 heteroatoms. The molecule has 17 heavy (non-hydrogen) atoms. The molecule has 0 bridgehead atoms. The van der Waals surface area contributed by atoms with Gasteiger partial charge in [0, 0.05) is 32.9 Å². The van der Waals surface area contributed by atoms with Crippen molar-refractivity contribution in [2.75, 3.05) is 46.5 Å². The Labute approximate surface area is 104 Å². The molecule has 0 aromatic heterocycles. The normalized spacial score (nSPS) is 28.8. The smallest absolute Gasteiger partial charge is 0.0702 e. The van der Waals surface area contributed by atoms with E-state index in [4.69, 9.17) is 15.2 Å². The molecular weight excluding hydrogens is 216 g/mol. The van der Waals surface area contributed by atoms with E-state index in [0.717, 1.165) is 52.3 Å². The highest BCUT2D eigenvalue weighted by atomic mass is 16.5. The summed E-state index contributed by atoms with van der Waals surface area (Å²) in [4.78, 5) is 2.40. The summed E-state index contributed by atoms with van der Waals surface area (Å²) in [6, 6.07) is 0. The first kappa shape index (κ1) is 13.3. The van der Waals surface area contributed by atoms with Crippen molar-refractivity contribution in [2.45, 2.75) is 31.8 Å². The molecule has 0 radical (unpaired) electrons. The molecule has 2 aliphatic rings. The molecule has 100 valence electrons. The molecule has 0 spiro atoms. The highest BCUT2D eigenvalue weighted by molar-refractivity contribution is 4.86. The lowest BCUT2D eigenvalue weighted by Gasteiger charge is -2.39. The maximum absolute atomic E-state index is 5.98. The van der Waals surface area contributed by atoms with Crippen LogP contribution in [-0.2, 0) is 9.47 Å². The fraction of sp³-hybridized carbons (Fsp3) is 1.00. The molecular formula is C13H26N2O2. The quantitative estimate of drug-likeness (QED) is 0.776. The van der Waals surface area contributed by atoms with Gasteiger partial charge in [-0.25, -0.2) is 0 Å². The molecule has 2 heterocycles. The third-order valence-electron chi connectivity index (χ3n) is 4.13. The van der Waals surface area contributed by atoms with Crippen molar-refractivity contribution in [3.05, 3.63) is 0 Å². The van der Waals surface area contributed by atoms with E-state index in [-0.39, 0.29) is 5.41 Å². The first-order chi connectivity index (χ1) is 8.24. The Morgan fingerprint density at radius 3 is 2.65 bits per heavy atom. The number of likely N-dealkylation sites (N-methyl/N-ethyl adjacent to an activating group) is 1. The fourth-order valence-electron chi connectivity index (χ4n) is 3.00. The minimum atomic E-state index is 0.269. The molecule has 1 atom stereocenters. The van der Waals surface area contributed by atoms with Gasteiger partial charge in [-0.1, -0.05) is 0 Å². The second-order valence-electron chi connectivity index (χ2n) is 5.65. The minimum Gasteiger partial charge on any atom is -0.381 e. The summed E-state index contributed by atoms with van der Waals surface area (Å²) in [5.74, 6) is 0. The zero-order valence-electron chi connectivity index (χ0n) is 11.0. The average molecular weight is 242 g/mol. The molecule has 1 unspecified atom stereocenters. The highest BCUT2D eigenvalue weighted by Gasteiger charge is 2.33. The van der Waals surface area contributed by atoms with Gasteiger partial charge in [-0.2, -0.15) is 0 Å². The predicted octanol–water partition coefficient (Wildman–Crippen LogP) is 0.853. The lowest BCUT2D eigenvalue weighted by atomic mass is 9.80. The van der Waals surface area contributed by atoms with Crippen LogP contribution in [0.4, 0.5) is 0 Å². The summed E-state index contributed by atoms with van der Waals surface area (Å²) in [7, 11) is 2.19. The molecule has 4 nitrogen and oxygen atoms in total. The van der Waals surface area contributed by atoms with E-state index < -0.39 is 0 Å². The van der Waals surface area contributed by atoms with E-state index in [1.165, 1.54) is 12.8 Å². The average Bonchev–Trinajstić information content (AvgIpc) is 2.83. The number of rotatable bonds is 5. The zero-order valence-corrected chi connectivity index (χ0v) is 11.0. The largest absolute Gasteiger partial charge is 0.381 e. The number of nitrogens with zero attached hydrogens (tertiary/aromatic N) is 1. The SMILES string of the molecule is CN(CC1CCCO1)CC1(CN)CCOCC1. The van der Waals surface area contributed by atoms with Crippen molar-refractivity contribution in [1.82, 2.24) is 4.90 Å². The lowest BCUT2D eigenvalue weighted by Crippen LogP contribution is -2.46. The van der Waals surface area contributed by atoms with Gasteiger partial charge in [0.1, 0.15) is 0 Å². The minimum absolute atomic E-state index is 0.269. The van der Waals surface area contributed by atoms with Crippen LogP contribution in [0, 0.1) is 5.41 Å². The maximum Gasteiger partial charge on any atom is 0.0702 e. The summed E-state index contributed by atoms with van der Waals surface area (Å²) in [6.07, 6.45) is 5.06. The van der Waals surface area contributed by atoms with Crippen LogP contribution in [0.2, 0.25) is 0 Å². The highest BCUT2D eigenvalue weighted by Crippen LogP contribution is 2.30. The van der Waals surface area contributed by atoms with E-state index >= 15 is 0 Å². The van der Waals surface area contributed by atoms with Crippen molar-refractivity contribution in [2.24, 2.45) is 11.1 Å². The summed E-state index contributed by atoms with van der Waals surface area (Å²) in [5.41, 5.74) is 6.25. The first-order valence-electron chi connectivity index (χ1n) is 6.82. The molecule has 0 aliphatic carbocycles. The standard InChI is InChI=1S/C13H26N2O2/c1-15(9-12-3-2-6-17-12)11-13(10-14)4-7-16-8-5-13/h12H,2-11,14H2,1H3. The molecule has 0 aromatic rings. The number of hydrogen-bond donors (Lipinski definition) is 1. The Balaban J connectivity index is 1.80. The van der Waals surface area contributed by atoms with Crippen LogP contribution in [0.5, 0.6) is 0 Å². The van der Waals surface area contributed by atoms with Gasteiger partial charge < -0.3 is 20.1 Å². The van der Waals surface area contributed by atoms with Crippen LogP contribution in [-0.4, -0.2) is 57.5 Å². The van der Waals surface area contributed by atoms with Crippen molar-refractivity contribution >= 4 is 0 Å². The Bertz CT molecular complexity index is 223. The van der Waals surface area contributed by atoms with Crippen molar-refractivity contribution in [3.63, 3.8) is 0 Å². The van der Waals surface area contributed by atoms with Gasteiger partial charge >= 0.3 is 0 Å². The Morgan fingerprint density at radius 1 is 1.29 bits per heavy atom. The number of hydrogen-bond acceptors (Lipinski definition) is 4. The second kappa shape index (κ2) is 6.14. The van der Waals surface area contributed by atoms with Gasteiger partial charge in [0.05, 0.1) is 6.10 Å². The van der Waals surface area contributed by atoms with Gasteiger partial charge in [-0.05, 0) is 44.7 Å². The van der Waals surface area contributed by atoms with Gasteiger partial charge in [-0.3, -0.25) is 0 Å². The predicted molar refractivity (Wildman–Crippen MR) is 68.0 cm³/mol. The van der Waals surface area contributed by atoms with E-state index in [0.29, 0.717) is 6.10 Å². The summed E-state index contributed by atoms with van der Waals surface area (Å²) in [6.45, 7) is 5.56. The molecule has 2 aliphatic heterocycles. The monoisotopic (exact) mass is 242 g/mol. The molecule has 2 fully saturated rings. The van der Waals surface area contributed by atoms with Gasteiger partial charge in [-0.15, -0.1) is 0 Å². The molecule has 2 saturated heterocycles. The van der Waals surface area contributed by atoms with Crippen molar-refractivity contribution in [3.8, 4) is 0 Å². The fourth-order valence-corrected chi connectivity index (χ4v) is 3.00. The van der Waals surface area contributed by atoms with E-state index in [2.05, 4.69) is 11.9 Å². The van der Waals surface area contributed by atoms with Crippen LogP contribution >= 0.6 is 0 Å². The molecule has 2 rings (SSSR count). The van der Waals surface area contributed by atoms with Gasteiger partial charge in [0.25, 0.3) is 0 Å². The second-order valence-corrected chi connectivity index (χ2v) is 5.65. The van der Waals surface area contributed by atoms with Crippen LogP contribution < -0.4 is 5.73 Å². The molecule has 2 N–H and O–H groups in total.